The standard InChI is InChI=1S/C12H19ClN4O/c1-16-12(18)11(13)10(8-15-16)17-6-3-9(2-5-14)4-7-17/h8-9H,2-7,14H2,1H3. The molecule has 6 heteroatoms. The largest absolute Gasteiger partial charge is 0.369 e. The van der Waals surface area contributed by atoms with Gasteiger partial charge in [0.1, 0.15) is 5.02 Å². The fourth-order valence-electron chi connectivity index (χ4n) is 2.42. The molecule has 1 aromatic rings. The van der Waals surface area contributed by atoms with Crippen molar-refractivity contribution in [3.63, 3.8) is 0 Å². The highest BCUT2D eigenvalue weighted by molar-refractivity contribution is 6.33. The van der Waals surface area contributed by atoms with Crippen LogP contribution in [0.25, 0.3) is 0 Å². The number of nitrogens with zero attached hydrogens (tertiary/aromatic N) is 3. The topological polar surface area (TPSA) is 64.2 Å². The van der Waals surface area contributed by atoms with Crippen LogP contribution in [0.5, 0.6) is 0 Å². The fourth-order valence-corrected chi connectivity index (χ4v) is 2.71. The molecule has 1 aliphatic heterocycles. The lowest BCUT2D eigenvalue weighted by molar-refractivity contribution is 0.386. The van der Waals surface area contributed by atoms with Crippen LogP contribution in [0, 0.1) is 5.92 Å². The molecule has 18 heavy (non-hydrogen) atoms. The Kier molecular flexibility index (Phi) is 4.24. The molecule has 5 nitrogen and oxygen atoms in total. The minimum absolute atomic E-state index is 0.238. The van der Waals surface area contributed by atoms with Crippen LogP contribution in [0.4, 0.5) is 5.69 Å². The molecule has 2 heterocycles. The SMILES string of the molecule is Cn1ncc(N2CCC(CCN)CC2)c(Cl)c1=O. The monoisotopic (exact) mass is 270 g/mol. The quantitative estimate of drug-likeness (QED) is 0.890. The average molecular weight is 271 g/mol. The van der Waals surface area contributed by atoms with Crippen LogP contribution >= 0.6 is 11.6 Å². The van der Waals surface area contributed by atoms with Gasteiger partial charge in [0.25, 0.3) is 5.56 Å². The molecule has 0 aliphatic carbocycles. The van der Waals surface area contributed by atoms with Crippen molar-refractivity contribution in [2.24, 2.45) is 18.7 Å². The first kappa shape index (κ1) is 13.4. The van der Waals surface area contributed by atoms with Gasteiger partial charge in [-0.2, -0.15) is 5.10 Å². The van der Waals surface area contributed by atoms with Crippen LogP contribution in [0.15, 0.2) is 11.0 Å². The Morgan fingerprint density at radius 2 is 2.17 bits per heavy atom. The average Bonchev–Trinajstić information content (AvgIpc) is 2.38. The highest BCUT2D eigenvalue weighted by Gasteiger charge is 2.21. The Hall–Kier alpha value is -1.07. The summed E-state index contributed by atoms with van der Waals surface area (Å²) in [4.78, 5) is 13.9. The van der Waals surface area contributed by atoms with Crippen molar-refractivity contribution in [1.29, 1.82) is 0 Å². The normalized spacial score (nSPS) is 17.2. The number of anilines is 1. The van der Waals surface area contributed by atoms with Crippen molar-refractivity contribution < 1.29 is 0 Å². The zero-order chi connectivity index (χ0) is 13.1. The van der Waals surface area contributed by atoms with Gasteiger partial charge in [-0.15, -0.1) is 0 Å². The number of rotatable bonds is 3. The molecule has 1 aromatic heterocycles. The Morgan fingerprint density at radius 3 is 2.78 bits per heavy atom. The number of hydrogen-bond donors (Lipinski definition) is 1. The second-order valence-corrected chi connectivity index (χ2v) is 5.16. The summed E-state index contributed by atoms with van der Waals surface area (Å²) in [6, 6.07) is 0. The van der Waals surface area contributed by atoms with Gasteiger partial charge < -0.3 is 10.6 Å². The van der Waals surface area contributed by atoms with Gasteiger partial charge in [-0.25, -0.2) is 4.68 Å². The van der Waals surface area contributed by atoms with Gasteiger partial charge in [0.2, 0.25) is 0 Å². The molecule has 2 rings (SSSR count). The molecule has 0 radical (unpaired) electrons. The maximum atomic E-state index is 11.7. The van der Waals surface area contributed by atoms with E-state index in [0.717, 1.165) is 44.6 Å². The Bertz CT molecular complexity index is 466. The highest BCUT2D eigenvalue weighted by Crippen LogP contribution is 2.27. The van der Waals surface area contributed by atoms with Crippen LogP contribution in [0.2, 0.25) is 5.02 Å². The van der Waals surface area contributed by atoms with Gasteiger partial charge in [-0.1, -0.05) is 11.6 Å². The molecule has 0 spiro atoms. The maximum Gasteiger partial charge on any atom is 0.287 e. The molecule has 0 aromatic carbocycles. The van der Waals surface area contributed by atoms with Gasteiger partial charge >= 0.3 is 0 Å². The van der Waals surface area contributed by atoms with E-state index in [4.69, 9.17) is 17.3 Å². The van der Waals surface area contributed by atoms with Crippen molar-refractivity contribution in [3.05, 3.63) is 21.6 Å². The van der Waals surface area contributed by atoms with Crippen LogP contribution < -0.4 is 16.2 Å². The van der Waals surface area contributed by atoms with Crippen molar-refractivity contribution in [2.45, 2.75) is 19.3 Å². The summed E-state index contributed by atoms with van der Waals surface area (Å²) in [6.07, 6.45) is 4.95. The number of halogens is 1. The smallest absolute Gasteiger partial charge is 0.287 e. The van der Waals surface area contributed by atoms with Crippen LogP contribution in [-0.4, -0.2) is 29.4 Å². The molecule has 1 aliphatic rings. The fraction of sp³-hybridized carbons (Fsp3) is 0.667. The lowest BCUT2D eigenvalue weighted by Crippen LogP contribution is -2.36. The van der Waals surface area contributed by atoms with E-state index in [1.54, 1.807) is 13.2 Å². The number of nitrogens with two attached hydrogens (primary N) is 1. The summed E-state index contributed by atoms with van der Waals surface area (Å²) >= 11 is 6.09. The van der Waals surface area contributed by atoms with Crippen LogP contribution in [0.3, 0.4) is 0 Å². The second kappa shape index (κ2) is 5.71. The first-order chi connectivity index (χ1) is 8.63. The zero-order valence-corrected chi connectivity index (χ0v) is 11.4. The lowest BCUT2D eigenvalue weighted by Gasteiger charge is -2.33. The predicted octanol–water partition coefficient (Wildman–Crippen LogP) is 0.999. The number of aromatic nitrogens is 2. The molecular formula is C12H19ClN4O. The van der Waals surface area contributed by atoms with Gasteiger partial charge in [-0.3, -0.25) is 4.79 Å². The molecule has 0 bridgehead atoms. The third-order valence-electron chi connectivity index (χ3n) is 3.59. The van der Waals surface area contributed by atoms with E-state index in [0.29, 0.717) is 5.92 Å². The summed E-state index contributed by atoms with van der Waals surface area (Å²) < 4.78 is 1.26. The summed E-state index contributed by atoms with van der Waals surface area (Å²) in [7, 11) is 1.60. The van der Waals surface area contributed by atoms with Crippen molar-refractivity contribution >= 4 is 17.3 Å². The van der Waals surface area contributed by atoms with Crippen LogP contribution in [0.1, 0.15) is 19.3 Å². The van der Waals surface area contributed by atoms with E-state index >= 15 is 0 Å². The Morgan fingerprint density at radius 1 is 1.50 bits per heavy atom. The maximum absolute atomic E-state index is 11.7. The van der Waals surface area contributed by atoms with E-state index < -0.39 is 0 Å². The van der Waals surface area contributed by atoms with Gasteiger partial charge in [0.15, 0.2) is 0 Å². The minimum atomic E-state index is -0.238. The van der Waals surface area contributed by atoms with E-state index in [9.17, 15) is 4.79 Å². The molecule has 1 fully saturated rings. The van der Waals surface area contributed by atoms with Crippen molar-refractivity contribution in [3.8, 4) is 0 Å². The first-order valence-corrected chi connectivity index (χ1v) is 6.68. The Balaban J connectivity index is 2.10. The third kappa shape index (κ3) is 2.67. The van der Waals surface area contributed by atoms with Crippen molar-refractivity contribution in [2.75, 3.05) is 24.5 Å². The van der Waals surface area contributed by atoms with Gasteiger partial charge in [0.05, 0.1) is 11.9 Å². The molecule has 0 unspecified atom stereocenters. The van der Waals surface area contributed by atoms with Crippen molar-refractivity contribution in [1.82, 2.24) is 9.78 Å². The van der Waals surface area contributed by atoms with Gasteiger partial charge in [-0.05, 0) is 31.7 Å². The molecule has 0 saturated carbocycles. The lowest BCUT2D eigenvalue weighted by atomic mass is 9.93. The molecule has 0 atom stereocenters. The van der Waals surface area contributed by atoms with Gasteiger partial charge in [0, 0.05) is 20.1 Å². The summed E-state index contributed by atoms with van der Waals surface area (Å²) in [6.45, 7) is 2.58. The van der Waals surface area contributed by atoms with E-state index in [1.165, 1.54) is 4.68 Å². The minimum Gasteiger partial charge on any atom is -0.369 e. The molecular weight excluding hydrogens is 252 g/mol. The highest BCUT2D eigenvalue weighted by atomic mass is 35.5. The zero-order valence-electron chi connectivity index (χ0n) is 10.6. The summed E-state index contributed by atoms with van der Waals surface area (Å²) in [5.74, 6) is 0.699. The Labute approximate surface area is 112 Å². The second-order valence-electron chi connectivity index (χ2n) is 4.78. The first-order valence-electron chi connectivity index (χ1n) is 6.30. The third-order valence-corrected chi connectivity index (χ3v) is 3.95. The number of piperidine rings is 1. The van der Waals surface area contributed by atoms with E-state index in [1.807, 2.05) is 0 Å². The number of aryl methyl sites for hydroxylation is 1. The molecule has 1 saturated heterocycles. The molecule has 100 valence electrons. The molecule has 2 N–H and O–H groups in total. The summed E-state index contributed by atoms with van der Waals surface area (Å²) in [5, 5.41) is 4.30. The molecule has 0 amide bonds. The number of hydrogen-bond acceptors (Lipinski definition) is 4. The summed E-state index contributed by atoms with van der Waals surface area (Å²) in [5.41, 5.74) is 6.09. The van der Waals surface area contributed by atoms with E-state index in [2.05, 4.69) is 10.00 Å². The van der Waals surface area contributed by atoms with E-state index in [-0.39, 0.29) is 10.6 Å². The predicted molar refractivity (Wildman–Crippen MR) is 73.1 cm³/mol. The van der Waals surface area contributed by atoms with Crippen LogP contribution in [-0.2, 0) is 7.05 Å².